The van der Waals surface area contributed by atoms with Crippen LogP contribution in [0.5, 0.6) is 5.75 Å². The van der Waals surface area contributed by atoms with Crippen molar-refractivity contribution < 1.29 is 14.3 Å². The molecule has 0 aliphatic carbocycles. The third kappa shape index (κ3) is 2.00. The van der Waals surface area contributed by atoms with Gasteiger partial charge in [-0.25, -0.2) is 4.79 Å². The van der Waals surface area contributed by atoms with Gasteiger partial charge in [-0.05, 0) is 39.8 Å². The zero-order valence-electron chi connectivity index (χ0n) is 13.5. The van der Waals surface area contributed by atoms with Gasteiger partial charge in [0.2, 0.25) is 0 Å². The fourth-order valence-electron chi connectivity index (χ4n) is 3.04. The Labute approximate surface area is 129 Å². The van der Waals surface area contributed by atoms with Crippen LogP contribution < -0.4 is 4.74 Å². The van der Waals surface area contributed by atoms with E-state index in [9.17, 15) is 4.79 Å². The number of rotatable bonds is 2. The van der Waals surface area contributed by atoms with Gasteiger partial charge in [0, 0.05) is 23.4 Å². The van der Waals surface area contributed by atoms with Gasteiger partial charge >= 0.3 is 5.97 Å². The highest BCUT2D eigenvalue weighted by atomic mass is 16.5. The van der Waals surface area contributed by atoms with Gasteiger partial charge < -0.3 is 14.0 Å². The minimum atomic E-state index is -0.533. The third-order valence-electron chi connectivity index (χ3n) is 4.00. The van der Waals surface area contributed by atoms with Gasteiger partial charge in [-0.1, -0.05) is 0 Å². The van der Waals surface area contributed by atoms with Gasteiger partial charge in [0.1, 0.15) is 17.0 Å². The Morgan fingerprint density at radius 1 is 1.41 bits per heavy atom. The van der Waals surface area contributed by atoms with Crippen molar-refractivity contribution in [2.45, 2.75) is 39.3 Å². The van der Waals surface area contributed by atoms with Crippen LogP contribution in [0, 0.1) is 0 Å². The van der Waals surface area contributed by atoms with Crippen LogP contribution in [0.3, 0.4) is 0 Å². The number of aromatic nitrogens is 2. The number of carbonyl (C=O) groups excluding carboxylic acids is 1. The van der Waals surface area contributed by atoms with Crippen LogP contribution in [-0.4, -0.2) is 22.6 Å². The summed E-state index contributed by atoms with van der Waals surface area (Å²) in [5.74, 6) is 0.394. The van der Waals surface area contributed by atoms with Gasteiger partial charge in [0.15, 0.2) is 0 Å². The number of methoxy groups -OCH3 is 1. The lowest BCUT2D eigenvalue weighted by Gasteiger charge is -2.33. The lowest BCUT2D eigenvalue weighted by molar-refractivity contribution is 0.0587. The number of fused-ring (bicyclic) bond motifs is 3. The Morgan fingerprint density at radius 3 is 2.77 bits per heavy atom. The number of pyridine rings is 1. The summed E-state index contributed by atoms with van der Waals surface area (Å²) in [5, 5.41) is 0. The van der Waals surface area contributed by atoms with Crippen molar-refractivity contribution in [1.29, 1.82) is 0 Å². The first kappa shape index (κ1) is 14.6. The van der Waals surface area contributed by atoms with Gasteiger partial charge in [0.05, 0.1) is 19.0 Å². The molecule has 0 spiro atoms. The third-order valence-corrected chi connectivity index (χ3v) is 4.00. The highest BCUT2D eigenvalue weighted by molar-refractivity contribution is 5.91. The van der Waals surface area contributed by atoms with Crippen LogP contribution in [0.25, 0.3) is 11.3 Å². The number of ether oxygens (including phenoxy) is 2. The maximum Gasteiger partial charge on any atom is 0.354 e. The predicted molar refractivity (Wildman–Crippen MR) is 83.0 cm³/mol. The number of esters is 1. The summed E-state index contributed by atoms with van der Waals surface area (Å²) in [4.78, 5) is 16.3. The second-order valence-corrected chi connectivity index (χ2v) is 6.23. The molecule has 0 amide bonds. The van der Waals surface area contributed by atoms with E-state index in [0.29, 0.717) is 5.69 Å². The summed E-state index contributed by atoms with van der Waals surface area (Å²) < 4.78 is 13.0. The van der Waals surface area contributed by atoms with Crippen molar-refractivity contribution in [1.82, 2.24) is 9.55 Å². The fraction of sp³-hybridized carbons (Fsp3) is 0.412. The van der Waals surface area contributed by atoms with Crippen molar-refractivity contribution in [3.63, 3.8) is 0 Å². The molecule has 0 radical (unpaired) electrons. The molecule has 0 saturated heterocycles. The first-order valence-corrected chi connectivity index (χ1v) is 7.34. The molecule has 2 aromatic heterocycles. The van der Waals surface area contributed by atoms with Gasteiger partial charge in [-0.15, -0.1) is 0 Å². The molecule has 3 heterocycles. The first-order chi connectivity index (χ1) is 10.4. The molecular formula is C17H20N2O3. The van der Waals surface area contributed by atoms with Crippen molar-refractivity contribution in [3.8, 4) is 17.0 Å². The Bertz CT molecular complexity index is 744. The molecule has 22 heavy (non-hydrogen) atoms. The predicted octanol–water partition coefficient (Wildman–Crippen LogP) is 3.55. The van der Waals surface area contributed by atoms with E-state index in [1.807, 2.05) is 30.5 Å². The maximum atomic E-state index is 12.2. The lowest BCUT2D eigenvalue weighted by Crippen LogP contribution is -2.29. The van der Waals surface area contributed by atoms with Crippen LogP contribution in [-0.2, 0) is 10.3 Å². The molecule has 1 aliphatic heterocycles. The molecule has 5 nitrogen and oxygen atoms in total. The summed E-state index contributed by atoms with van der Waals surface area (Å²) in [5.41, 5.74) is 2.95. The van der Waals surface area contributed by atoms with Crippen LogP contribution >= 0.6 is 0 Å². The zero-order valence-corrected chi connectivity index (χ0v) is 13.5. The van der Waals surface area contributed by atoms with Crippen molar-refractivity contribution in [2.75, 3.05) is 7.11 Å². The first-order valence-electron chi connectivity index (χ1n) is 7.34. The zero-order chi connectivity index (χ0) is 16.1. The second-order valence-electron chi connectivity index (χ2n) is 6.23. The molecule has 0 bridgehead atoms. The van der Waals surface area contributed by atoms with Gasteiger partial charge in [-0.3, -0.25) is 4.98 Å². The van der Waals surface area contributed by atoms with Crippen LogP contribution in [0.2, 0.25) is 0 Å². The summed E-state index contributed by atoms with van der Waals surface area (Å²) in [6.45, 7) is 8.09. The highest BCUT2D eigenvalue weighted by Gasteiger charge is 2.38. The van der Waals surface area contributed by atoms with Crippen LogP contribution in [0.1, 0.15) is 49.8 Å². The van der Waals surface area contributed by atoms with E-state index in [0.717, 1.165) is 22.6 Å². The van der Waals surface area contributed by atoms with Crippen molar-refractivity contribution in [3.05, 3.63) is 35.8 Å². The second kappa shape index (κ2) is 4.87. The van der Waals surface area contributed by atoms with Crippen molar-refractivity contribution in [2.24, 2.45) is 0 Å². The monoisotopic (exact) mass is 300 g/mol. The van der Waals surface area contributed by atoms with E-state index in [4.69, 9.17) is 9.47 Å². The van der Waals surface area contributed by atoms with Crippen LogP contribution in [0.15, 0.2) is 24.5 Å². The molecule has 2 aromatic rings. The largest absolute Gasteiger partial charge is 0.481 e. The smallest absolute Gasteiger partial charge is 0.354 e. The van der Waals surface area contributed by atoms with E-state index in [1.165, 1.54) is 7.11 Å². The summed E-state index contributed by atoms with van der Waals surface area (Å²) in [6, 6.07) is 3.92. The molecule has 0 fully saturated rings. The molecular weight excluding hydrogens is 280 g/mol. The lowest BCUT2D eigenvalue weighted by atomic mass is 9.91. The molecule has 5 heteroatoms. The number of hydrogen-bond acceptors (Lipinski definition) is 4. The number of hydrogen-bond donors (Lipinski definition) is 0. The standard InChI is InChI=1S/C17H20N2O3/c1-10(2)19-13(16(20)21-5)8-12-15(19)11-6-7-18-9-14(11)22-17(12,3)4/h6-10H,1-5H3. The Kier molecular flexibility index (Phi) is 3.24. The maximum absolute atomic E-state index is 12.2. The van der Waals surface area contributed by atoms with Crippen LogP contribution in [0.4, 0.5) is 0 Å². The van der Waals surface area contributed by atoms with Gasteiger partial charge in [0.25, 0.3) is 0 Å². The normalized spacial score (nSPS) is 15.0. The van der Waals surface area contributed by atoms with E-state index >= 15 is 0 Å². The number of nitrogens with zero attached hydrogens (tertiary/aromatic N) is 2. The van der Waals surface area contributed by atoms with E-state index < -0.39 is 5.60 Å². The summed E-state index contributed by atoms with van der Waals surface area (Å²) in [7, 11) is 1.40. The molecule has 0 unspecified atom stereocenters. The minimum absolute atomic E-state index is 0.118. The Morgan fingerprint density at radius 2 is 2.14 bits per heavy atom. The topological polar surface area (TPSA) is 53.4 Å². The summed E-state index contributed by atoms with van der Waals surface area (Å²) >= 11 is 0. The molecule has 0 saturated carbocycles. The minimum Gasteiger partial charge on any atom is -0.481 e. The fourth-order valence-corrected chi connectivity index (χ4v) is 3.04. The van der Waals surface area contributed by atoms with Gasteiger partial charge in [-0.2, -0.15) is 0 Å². The van der Waals surface area contributed by atoms with E-state index in [-0.39, 0.29) is 12.0 Å². The van der Waals surface area contributed by atoms with E-state index in [1.54, 1.807) is 12.4 Å². The Hall–Kier alpha value is -2.30. The number of carbonyl (C=O) groups is 1. The average Bonchev–Trinajstić information content (AvgIpc) is 2.88. The molecule has 116 valence electrons. The molecule has 3 rings (SSSR count). The van der Waals surface area contributed by atoms with Crippen molar-refractivity contribution >= 4 is 5.97 Å². The Balaban J connectivity index is 2.37. The molecule has 0 N–H and O–H groups in total. The quantitative estimate of drug-likeness (QED) is 0.796. The molecule has 1 aliphatic rings. The molecule has 0 aromatic carbocycles. The molecule has 0 atom stereocenters. The SMILES string of the molecule is COC(=O)c1cc2c(n1C(C)C)-c1ccncc1OC2(C)C. The highest BCUT2D eigenvalue weighted by Crippen LogP contribution is 2.47. The summed E-state index contributed by atoms with van der Waals surface area (Å²) in [6.07, 6.45) is 3.45. The van der Waals surface area contributed by atoms with E-state index in [2.05, 4.69) is 18.8 Å². The average molecular weight is 300 g/mol.